The molecule has 0 bridgehead atoms. The Balaban J connectivity index is 3.05. The van der Waals surface area contributed by atoms with Gasteiger partial charge in [-0.05, 0) is 26.3 Å². The van der Waals surface area contributed by atoms with E-state index in [-0.39, 0.29) is 13.0 Å². The van der Waals surface area contributed by atoms with Crippen LogP contribution in [0.3, 0.4) is 0 Å². The van der Waals surface area contributed by atoms with Crippen molar-refractivity contribution < 1.29 is 28.6 Å². The van der Waals surface area contributed by atoms with E-state index in [1.165, 1.54) is 14.0 Å². The van der Waals surface area contributed by atoms with Gasteiger partial charge in [0.05, 0.1) is 19.6 Å². The highest BCUT2D eigenvalue weighted by atomic mass is 16.6. The number of alkyl carbamates (subject to hydrolysis) is 1. The second kappa shape index (κ2) is 11.1. The molecule has 0 aromatic heterocycles. The molecule has 0 radical (unpaired) electrons. The third-order valence-electron chi connectivity index (χ3n) is 3.65. The van der Waals surface area contributed by atoms with Gasteiger partial charge in [-0.15, -0.1) is 0 Å². The first kappa shape index (κ1) is 23.2. The van der Waals surface area contributed by atoms with Gasteiger partial charge in [-0.3, -0.25) is 9.59 Å². The molecule has 0 heterocycles. The van der Waals surface area contributed by atoms with Gasteiger partial charge in [-0.1, -0.05) is 42.5 Å². The Morgan fingerprint density at radius 1 is 1.14 bits per heavy atom. The van der Waals surface area contributed by atoms with E-state index in [1.807, 2.05) is 36.4 Å². The zero-order valence-electron chi connectivity index (χ0n) is 17.1. The van der Waals surface area contributed by atoms with Crippen molar-refractivity contribution in [1.29, 1.82) is 0 Å². The van der Waals surface area contributed by atoms with Crippen molar-refractivity contribution in [1.82, 2.24) is 5.32 Å². The first-order valence-corrected chi connectivity index (χ1v) is 9.03. The van der Waals surface area contributed by atoms with Crippen LogP contribution in [0.15, 0.2) is 36.4 Å². The monoisotopic (exact) mass is 391 g/mol. The van der Waals surface area contributed by atoms with Crippen LogP contribution in [-0.2, 0) is 23.8 Å². The maximum Gasteiger partial charge on any atom is 0.408 e. The number of ether oxygens (including phenoxy) is 3. The van der Waals surface area contributed by atoms with E-state index in [1.54, 1.807) is 26.8 Å². The topological polar surface area (TPSA) is 90.9 Å². The van der Waals surface area contributed by atoms with Gasteiger partial charge in [0.1, 0.15) is 12.2 Å². The van der Waals surface area contributed by atoms with E-state index in [0.29, 0.717) is 0 Å². The molecular weight excluding hydrogens is 362 g/mol. The number of hydrogen-bond acceptors (Lipinski definition) is 6. The minimum atomic E-state index is -0.687. The molecule has 1 amide bonds. The van der Waals surface area contributed by atoms with Crippen LogP contribution in [-0.4, -0.2) is 43.4 Å². The maximum atomic E-state index is 12.2. The van der Waals surface area contributed by atoms with E-state index in [4.69, 9.17) is 14.2 Å². The van der Waals surface area contributed by atoms with E-state index in [0.717, 1.165) is 5.56 Å². The van der Waals surface area contributed by atoms with Gasteiger partial charge in [0.15, 0.2) is 0 Å². The summed E-state index contributed by atoms with van der Waals surface area (Å²) in [6, 6.07) is 8.84. The number of nitrogens with one attached hydrogen (secondary N) is 1. The summed E-state index contributed by atoms with van der Waals surface area (Å²) in [5.74, 6) is -1.40. The summed E-state index contributed by atoms with van der Waals surface area (Å²) in [4.78, 5) is 35.4. The number of rotatable bonds is 8. The summed E-state index contributed by atoms with van der Waals surface area (Å²) in [6.07, 6.45) is 2.97. The van der Waals surface area contributed by atoms with Crippen molar-refractivity contribution in [2.24, 2.45) is 5.92 Å². The molecule has 1 aromatic carbocycles. The molecule has 1 aromatic rings. The summed E-state index contributed by atoms with van der Waals surface area (Å²) in [5, 5.41) is 2.70. The number of methoxy groups -OCH3 is 1. The van der Waals surface area contributed by atoms with Gasteiger partial charge in [-0.2, -0.15) is 0 Å². The molecule has 0 saturated heterocycles. The minimum absolute atomic E-state index is 0.00155. The second-order valence-corrected chi connectivity index (χ2v) is 7.27. The molecule has 28 heavy (non-hydrogen) atoms. The minimum Gasteiger partial charge on any atom is -0.469 e. The fraction of sp³-hybridized carbons (Fsp3) is 0.476. The fourth-order valence-electron chi connectivity index (χ4n) is 2.36. The third-order valence-corrected chi connectivity index (χ3v) is 3.65. The Labute approximate surface area is 166 Å². The lowest BCUT2D eigenvalue weighted by Crippen LogP contribution is -2.46. The average Bonchev–Trinajstić information content (AvgIpc) is 2.61. The number of benzene rings is 1. The van der Waals surface area contributed by atoms with Crippen molar-refractivity contribution >= 4 is 24.1 Å². The normalized spacial score (nSPS) is 13.5. The van der Waals surface area contributed by atoms with Crippen LogP contribution in [0.5, 0.6) is 0 Å². The summed E-state index contributed by atoms with van der Waals surface area (Å²) in [6.45, 7) is 6.41. The molecular formula is C21H29NO6. The Kier molecular flexibility index (Phi) is 9.21. The number of amides is 1. The van der Waals surface area contributed by atoms with Crippen molar-refractivity contribution in [2.45, 2.75) is 45.8 Å². The molecule has 7 heteroatoms. The lowest BCUT2D eigenvalue weighted by molar-refractivity contribution is -0.142. The van der Waals surface area contributed by atoms with Crippen LogP contribution in [0.25, 0.3) is 6.08 Å². The summed E-state index contributed by atoms with van der Waals surface area (Å²) >= 11 is 0. The highest BCUT2D eigenvalue weighted by Gasteiger charge is 2.27. The molecule has 2 atom stereocenters. The van der Waals surface area contributed by atoms with Crippen molar-refractivity contribution in [3.05, 3.63) is 42.0 Å². The molecule has 0 aliphatic heterocycles. The Morgan fingerprint density at radius 3 is 2.32 bits per heavy atom. The van der Waals surface area contributed by atoms with Crippen LogP contribution in [0.1, 0.15) is 39.7 Å². The largest absolute Gasteiger partial charge is 0.469 e. The highest BCUT2D eigenvalue weighted by molar-refractivity contribution is 5.71. The average molecular weight is 391 g/mol. The van der Waals surface area contributed by atoms with Gasteiger partial charge in [-0.25, -0.2) is 4.79 Å². The van der Waals surface area contributed by atoms with Crippen molar-refractivity contribution in [2.75, 3.05) is 13.7 Å². The molecule has 1 N–H and O–H groups in total. The number of hydrogen-bond donors (Lipinski definition) is 1. The van der Waals surface area contributed by atoms with Crippen LogP contribution in [0, 0.1) is 5.92 Å². The molecule has 154 valence electrons. The quantitative estimate of drug-likeness (QED) is 0.540. The summed E-state index contributed by atoms with van der Waals surface area (Å²) < 4.78 is 15.1. The lowest BCUT2D eigenvalue weighted by atomic mass is 9.95. The molecule has 0 unspecified atom stereocenters. The maximum absolute atomic E-state index is 12.2. The first-order valence-electron chi connectivity index (χ1n) is 9.03. The van der Waals surface area contributed by atoms with E-state index in [9.17, 15) is 14.4 Å². The third kappa shape index (κ3) is 9.75. The van der Waals surface area contributed by atoms with E-state index in [2.05, 4.69) is 5.32 Å². The lowest BCUT2D eigenvalue weighted by Gasteiger charge is -2.27. The Bertz CT molecular complexity index is 678. The molecule has 7 nitrogen and oxygen atoms in total. The highest BCUT2D eigenvalue weighted by Crippen LogP contribution is 2.17. The van der Waals surface area contributed by atoms with Crippen LogP contribution in [0.2, 0.25) is 0 Å². The van der Waals surface area contributed by atoms with Gasteiger partial charge >= 0.3 is 18.0 Å². The molecule has 0 fully saturated rings. The number of esters is 2. The van der Waals surface area contributed by atoms with Crippen molar-refractivity contribution in [3.63, 3.8) is 0 Å². The predicted octanol–water partition coefficient (Wildman–Crippen LogP) is 3.34. The molecule has 0 saturated carbocycles. The van der Waals surface area contributed by atoms with Gasteiger partial charge in [0.2, 0.25) is 0 Å². The van der Waals surface area contributed by atoms with Crippen LogP contribution in [0.4, 0.5) is 4.79 Å². The van der Waals surface area contributed by atoms with Gasteiger partial charge in [0, 0.05) is 12.8 Å². The zero-order chi connectivity index (χ0) is 21.2. The molecule has 0 aliphatic carbocycles. The first-order chi connectivity index (χ1) is 13.1. The SMILES string of the molecule is COC(=O)C[C@@H](/C=C/c1ccccc1)[C@@H](COC(C)=O)NC(=O)OC(C)(C)C. The summed E-state index contributed by atoms with van der Waals surface area (Å²) in [5.41, 5.74) is 0.245. The number of carbonyl (C=O) groups excluding carboxylic acids is 3. The van der Waals surface area contributed by atoms with Gasteiger partial charge < -0.3 is 19.5 Å². The fourth-order valence-corrected chi connectivity index (χ4v) is 2.36. The van der Waals surface area contributed by atoms with E-state index >= 15 is 0 Å². The Hall–Kier alpha value is -2.83. The van der Waals surface area contributed by atoms with Crippen molar-refractivity contribution in [3.8, 4) is 0 Å². The number of carbonyl (C=O) groups is 3. The summed E-state index contributed by atoms with van der Waals surface area (Å²) in [7, 11) is 1.29. The zero-order valence-corrected chi connectivity index (χ0v) is 17.1. The van der Waals surface area contributed by atoms with E-state index < -0.39 is 35.6 Å². The van der Waals surface area contributed by atoms with Gasteiger partial charge in [0.25, 0.3) is 0 Å². The smallest absolute Gasteiger partial charge is 0.408 e. The molecule has 1 rings (SSSR count). The van der Waals surface area contributed by atoms with Crippen LogP contribution >= 0.6 is 0 Å². The predicted molar refractivity (Wildman–Crippen MR) is 105 cm³/mol. The molecule has 0 spiro atoms. The standard InChI is InChI=1S/C21H29NO6/c1-15(23)27-14-18(22-20(25)28-21(2,3)4)17(13-19(24)26-5)12-11-16-9-7-6-8-10-16/h6-12,17-18H,13-14H2,1-5H3,(H,22,25)/b12-11+/t17-,18-/m1/s1. The molecule has 0 aliphatic rings. The van der Waals surface area contributed by atoms with Crippen LogP contribution < -0.4 is 5.32 Å². The Morgan fingerprint density at radius 2 is 1.79 bits per heavy atom. The second-order valence-electron chi connectivity index (χ2n) is 7.27.